The molecule has 100 valence electrons. The molecule has 0 unspecified atom stereocenters. The molecule has 0 radical (unpaired) electrons. The molecule has 0 saturated carbocycles. The minimum atomic E-state index is 0.440. The van der Waals surface area contributed by atoms with Crippen molar-refractivity contribution >= 4 is 40.3 Å². The summed E-state index contributed by atoms with van der Waals surface area (Å²) >= 11 is 11.9. The average molecular weight is 297 g/mol. The third-order valence-corrected chi connectivity index (χ3v) is 3.40. The summed E-state index contributed by atoms with van der Waals surface area (Å²) in [6.45, 7) is 0.518. The number of anilines is 3. The normalized spacial score (nSPS) is 10.5. The smallest absolute Gasteiger partial charge is 0.0733 e. The van der Waals surface area contributed by atoms with E-state index in [0.717, 1.165) is 16.9 Å². The number of ether oxygens (including phenoxy) is 1. The Labute approximate surface area is 122 Å². The number of para-hydroxylation sites is 1. The molecule has 0 fully saturated rings. The van der Waals surface area contributed by atoms with Crippen molar-refractivity contribution < 1.29 is 4.74 Å². The Morgan fingerprint density at radius 3 is 2.53 bits per heavy atom. The first-order valence-corrected chi connectivity index (χ1v) is 6.46. The summed E-state index contributed by atoms with van der Waals surface area (Å²) in [5.41, 5.74) is 9.15. The van der Waals surface area contributed by atoms with Gasteiger partial charge in [0.2, 0.25) is 0 Å². The lowest BCUT2D eigenvalue weighted by atomic mass is 10.1. The van der Waals surface area contributed by atoms with Gasteiger partial charge in [-0.05, 0) is 18.2 Å². The van der Waals surface area contributed by atoms with Crippen molar-refractivity contribution in [2.75, 3.05) is 18.2 Å². The second-order valence-electron chi connectivity index (χ2n) is 4.07. The van der Waals surface area contributed by atoms with Gasteiger partial charge in [-0.1, -0.05) is 41.4 Å². The molecule has 0 spiro atoms. The minimum Gasteiger partial charge on any atom is -0.397 e. The van der Waals surface area contributed by atoms with Crippen LogP contribution in [0.2, 0.25) is 10.0 Å². The number of hydrogen-bond acceptors (Lipinski definition) is 3. The highest BCUT2D eigenvalue weighted by molar-refractivity contribution is 6.42. The van der Waals surface area contributed by atoms with Gasteiger partial charge in [-0.3, -0.25) is 0 Å². The van der Waals surface area contributed by atoms with E-state index >= 15 is 0 Å². The average Bonchev–Trinajstić information content (AvgIpc) is 2.38. The number of nitrogens with one attached hydrogen (secondary N) is 1. The van der Waals surface area contributed by atoms with Gasteiger partial charge in [-0.15, -0.1) is 0 Å². The zero-order valence-corrected chi connectivity index (χ0v) is 11.9. The monoisotopic (exact) mass is 296 g/mol. The van der Waals surface area contributed by atoms with Crippen LogP contribution in [-0.4, -0.2) is 7.11 Å². The summed E-state index contributed by atoms with van der Waals surface area (Å²) in [5.74, 6) is 0. The Morgan fingerprint density at radius 2 is 1.79 bits per heavy atom. The van der Waals surface area contributed by atoms with E-state index in [0.29, 0.717) is 22.3 Å². The molecule has 2 rings (SSSR count). The van der Waals surface area contributed by atoms with E-state index in [1.165, 1.54) is 0 Å². The van der Waals surface area contributed by atoms with Crippen molar-refractivity contribution in [1.29, 1.82) is 0 Å². The van der Waals surface area contributed by atoms with Crippen LogP contribution in [0, 0.1) is 0 Å². The fourth-order valence-corrected chi connectivity index (χ4v) is 2.07. The highest BCUT2D eigenvalue weighted by Crippen LogP contribution is 2.33. The van der Waals surface area contributed by atoms with Crippen LogP contribution in [0.25, 0.3) is 0 Å². The second kappa shape index (κ2) is 6.15. The van der Waals surface area contributed by atoms with Crippen molar-refractivity contribution in [2.24, 2.45) is 0 Å². The lowest BCUT2D eigenvalue weighted by molar-refractivity contribution is 0.185. The van der Waals surface area contributed by atoms with Crippen LogP contribution in [0.4, 0.5) is 17.1 Å². The third kappa shape index (κ3) is 3.32. The molecule has 0 aliphatic heterocycles. The largest absolute Gasteiger partial charge is 0.397 e. The summed E-state index contributed by atoms with van der Waals surface area (Å²) in [4.78, 5) is 0. The van der Waals surface area contributed by atoms with Crippen LogP contribution in [0.5, 0.6) is 0 Å². The molecular weight excluding hydrogens is 283 g/mol. The molecular formula is C14H14Cl2N2O. The van der Waals surface area contributed by atoms with Crippen LogP contribution in [0.1, 0.15) is 5.56 Å². The molecule has 0 saturated heterocycles. The molecule has 2 aromatic carbocycles. The zero-order valence-electron chi connectivity index (χ0n) is 10.4. The van der Waals surface area contributed by atoms with E-state index in [1.807, 2.05) is 24.3 Å². The molecule has 0 aromatic heterocycles. The van der Waals surface area contributed by atoms with Gasteiger partial charge in [-0.25, -0.2) is 0 Å². The van der Waals surface area contributed by atoms with Gasteiger partial charge in [0, 0.05) is 18.4 Å². The van der Waals surface area contributed by atoms with Gasteiger partial charge in [0.1, 0.15) is 0 Å². The van der Waals surface area contributed by atoms with Crippen molar-refractivity contribution in [1.82, 2.24) is 0 Å². The highest BCUT2D eigenvalue weighted by atomic mass is 35.5. The van der Waals surface area contributed by atoms with E-state index in [1.54, 1.807) is 19.2 Å². The number of benzene rings is 2. The molecule has 3 N–H and O–H groups in total. The Bertz CT molecular complexity index is 588. The van der Waals surface area contributed by atoms with E-state index < -0.39 is 0 Å². The number of nitrogens with two attached hydrogens (primary N) is 1. The summed E-state index contributed by atoms with van der Waals surface area (Å²) < 4.78 is 5.16. The molecule has 0 amide bonds. The van der Waals surface area contributed by atoms with Gasteiger partial charge < -0.3 is 15.8 Å². The maximum absolute atomic E-state index is 6.00. The topological polar surface area (TPSA) is 47.3 Å². The first kappa shape index (κ1) is 14.0. The van der Waals surface area contributed by atoms with Crippen molar-refractivity contribution in [2.45, 2.75) is 6.61 Å². The predicted molar refractivity (Wildman–Crippen MR) is 81.3 cm³/mol. The summed E-state index contributed by atoms with van der Waals surface area (Å²) in [5, 5.41) is 4.15. The first-order chi connectivity index (χ1) is 9.11. The maximum Gasteiger partial charge on any atom is 0.0733 e. The first-order valence-electron chi connectivity index (χ1n) is 5.70. The Hall–Kier alpha value is -1.42. The van der Waals surface area contributed by atoms with E-state index in [-0.39, 0.29) is 0 Å². The number of nitrogen functional groups attached to an aromatic ring is 1. The standard InChI is InChI=1S/C14H14Cl2N2O/c1-19-8-9-4-2-3-5-13(9)18-14-7-11(16)10(15)6-12(14)17/h2-7,18H,8,17H2,1H3. The molecule has 0 heterocycles. The van der Waals surface area contributed by atoms with E-state index in [4.69, 9.17) is 33.7 Å². The van der Waals surface area contributed by atoms with E-state index in [2.05, 4.69) is 5.32 Å². The van der Waals surface area contributed by atoms with Crippen LogP contribution >= 0.6 is 23.2 Å². The molecule has 0 atom stereocenters. The number of rotatable bonds is 4. The molecule has 19 heavy (non-hydrogen) atoms. The maximum atomic E-state index is 6.00. The van der Waals surface area contributed by atoms with Gasteiger partial charge in [0.05, 0.1) is 28.0 Å². The Balaban J connectivity index is 2.33. The van der Waals surface area contributed by atoms with Gasteiger partial charge in [0.25, 0.3) is 0 Å². The van der Waals surface area contributed by atoms with Crippen LogP contribution in [-0.2, 0) is 11.3 Å². The van der Waals surface area contributed by atoms with E-state index in [9.17, 15) is 0 Å². The quantitative estimate of drug-likeness (QED) is 0.819. The lowest BCUT2D eigenvalue weighted by Gasteiger charge is -2.14. The zero-order chi connectivity index (χ0) is 13.8. The van der Waals surface area contributed by atoms with Crippen LogP contribution < -0.4 is 11.1 Å². The predicted octanol–water partition coefficient (Wildman–Crippen LogP) is 4.47. The molecule has 3 nitrogen and oxygen atoms in total. The summed E-state index contributed by atoms with van der Waals surface area (Å²) in [7, 11) is 1.66. The fraction of sp³-hybridized carbons (Fsp3) is 0.143. The SMILES string of the molecule is COCc1ccccc1Nc1cc(Cl)c(Cl)cc1N. The van der Waals surface area contributed by atoms with Crippen molar-refractivity contribution in [3.63, 3.8) is 0 Å². The molecule has 2 aromatic rings. The third-order valence-electron chi connectivity index (χ3n) is 2.68. The van der Waals surface area contributed by atoms with Crippen LogP contribution in [0.3, 0.4) is 0 Å². The van der Waals surface area contributed by atoms with Gasteiger partial charge in [-0.2, -0.15) is 0 Å². The minimum absolute atomic E-state index is 0.440. The second-order valence-corrected chi connectivity index (χ2v) is 4.88. The Kier molecular flexibility index (Phi) is 4.53. The number of halogens is 2. The lowest BCUT2D eigenvalue weighted by Crippen LogP contribution is -2.00. The fourth-order valence-electron chi connectivity index (χ4n) is 1.74. The molecule has 0 bridgehead atoms. The van der Waals surface area contributed by atoms with Gasteiger partial charge >= 0.3 is 0 Å². The molecule has 5 heteroatoms. The summed E-state index contributed by atoms with van der Waals surface area (Å²) in [6, 6.07) is 11.2. The summed E-state index contributed by atoms with van der Waals surface area (Å²) in [6.07, 6.45) is 0. The number of methoxy groups -OCH3 is 1. The van der Waals surface area contributed by atoms with Crippen molar-refractivity contribution in [3.05, 3.63) is 52.0 Å². The number of hydrogen-bond donors (Lipinski definition) is 2. The molecule has 0 aliphatic carbocycles. The Morgan fingerprint density at radius 1 is 1.11 bits per heavy atom. The van der Waals surface area contributed by atoms with Crippen LogP contribution in [0.15, 0.2) is 36.4 Å². The van der Waals surface area contributed by atoms with Crippen molar-refractivity contribution in [3.8, 4) is 0 Å². The highest BCUT2D eigenvalue weighted by Gasteiger charge is 2.07. The molecule has 0 aliphatic rings. The van der Waals surface area contributed by atoms with Gasteiger partial charge in [0.15, 0.2) is 0 Å².